The summed E-state index contributed by atoms with van der Waals surface area (Å²) in [7, 11) is 1.78. The number of ether oxygens (including phenoxy) is 1. The number of H-pyrrole nitrogens is 1. The van der Waals surface area contributed by atoms with Crippen LogP contribution in [0.3, 0.4) is 0 Å². The lowest BCUT2D eigenvalue weighted by Gasteiger charge is -2.28. The molecule has 0 spiro atoms. The quantitative estimate of drug-likeness (QED) is 0.785. The van der Waals surface area contributed by atoms with Gasteiger partial charge in [-0.15, -0.1) is 0 Å². The van der Waals surface area contributed by atoms with Gasteiger partial charge in [0.25, 0.3) is 0 Å². The average Bonchev–Trinajstić information content (AvgIpc) is 2.74. The van der Waals surface area contributed by atoms with E-state index in [0.29, 0.717) is 6.54 Å². The second-order valence-corrected chi connectivity index (χ2v) is 5.11. The molecule has 3 N–H and O–H groups in total. The smallest absolute Gasteiger partial charge is 0.182 e. The Bertz CT molecular complexity index is 356. The largest absolute Gasteiger partial charge is 0.370 e. The summed E-state index contributed by atoms with van der Waals surface area (Å²) in [6, 6.07) is 0. The molecule has 18 heavy (non-hydrogen) atoms. The summed E-state index contributed by atoms with van der Waals surface area (Å²) in [6.07, 6.45) is 8.82. The highest BCUT2D eigenvalue weighted by Crippen LogP contribution is 2.37. The molecule has 5 nitrogen and oxygen atoms in total. The fraction of sp³-hybridized carbons (Fsp3) is 0.846. The van der Waals surface area contributed by atoms with Gasteiger partial charge in [-0.2, -0.15) is 5.10 Å². The maximum atomic E-state index is 5.79. The molecule has 1 aromatic heterocycles. The van der Waals surface area contributed by atoms with E-state index in [-0.39, 0.29) is 5.60 Å². The zero-order valence-corrected chi connectivity index (χ0v) is 11.2. The molecule has 1 heterocycles. The van der Waals surface area contributed by atoms with Gasteiger partial charge in [-0.1, -0.05) is 25.7 Å². The minimum Gasteiger partial charge on any atom is -0.370 e. The number of nitrogens with one attached hydrogen (secondary N) is 1. The molecule has 0 saturated heterocycles. The van der Waals surface area contributed by atoms with Crippen LogP contribution in [0.5, 0.6) is 0 Å². The third kappa shape index (κ3) is 2.90. The van der Waals surface area contributed by atoms with E-state index in [9.17, 15) is 0 Å². The lowest BCUT2D eigenvalue weighted by Crippen LogP contribution is -2.29. The van der Waals surface area contributed by atoms with Gasteiger partial charge in [0.15, 0.2) is 5.82 Å². The van der Waals surface area contributed by atoms with Gasteiger partial charge >= 0.3 is 0 Å². The SMILES string of the molecule is COC1(c2n[nH]c(CCCN)n2)CCCCCC1. The topological polar surface area (TPSA) is 76.8 Å². The highest BCUT2D eigenvalue weighted by Gasteiger charge is 2.36. The first-order valence-corrected chi connectivity index (χ1v) is 6.98. The summed E-state index contributed by atoms with van der Waals surface area (Å²) < 4.78 is 5.79. The van der Waals surface area contributed by atoms with Crippen LogP contribution in [0.2, 0.25) is 0 Å². The van der Waals surface area contributed by atoms with Crippen molar-refractivity contribution in [2.75, 3.05) is 13.7 Å². The number of rotatable bonds is 5. The zero-order chi connectivity index (χ0) is 12.8. The monoisotopic (exact) mass is 252 g/mol. The van der Waals surface area contributed by atoms with Crippen molar-refractivity contribution in [1.82, 2.24) is 15.2 Å². The number of nitrogens with zero attached hydrogens (tertiary/aromatic N) is 2. The maximum absolute atomic E-state index is 5.79. The molecule has 0 aromatic carbocycles. The summed E-state index contributed by atoms with van der Waals surface area (Å²) in [4.78, 5) is 4.61. The predicted octanol–water partition coefficient (Wildman–Crippen LogP) is 1.89. The van der Waals surface area contributed by atoms with Crippen LogP contribution in [0.15, 0.2) is 0 Å². The van der Waals surface area contributed by atoms with Crippen LogP contribution in [0, 0.1) is 0 Å². The third-order valence-electron chi connectivity index (χ3n) is 3.86. The number of aromatic amines is 1. The van der Waals surface area contributed by atoms with Gasteiger partial charge < -0.3 is 10.5 Å². The second kappa shape index (κ2) is 6.29. The third-order valence-corrected chi connectivity index (χ3v) is 3.86. The van der Waals surface area contributed by atoms with Gasteiger partial charge in [0, 0.05) is 13.5 Å². The number of methoxy groups -OCH3 is 1. The Morgan fingerprint density at radius 2 is 2.00 bits per heavy atom. The average molecular weight is 252 g/mol. The van der Waals surface area contributed by atoms with E-state index in [2.05, 4.69) is 15.2 Å². The molecular formula is C13H24N4O. The molecule has 2 rings (SSSR count). The van der Waals surface area contributed by atoms with E-state index in [1.807, 2.05) is 0 Å². The van der Waals surface area contributed by atoms with Crippen molar-refractivity contribution >= 4 is 0 Å². The van der Waals surface area contributed by atoms with Crippen LogP contribution < -0.4 is 5.73 Å². The summed E-state index contributed by atoms with van der Waals surface area (Å²) in [5.41, 5.74) is 5.24. The van der Waals surface area contributed by atoms with Gasteiger partial charge in [0.05, 0.1) is 0 Å². The van der Waals surface area contributed by atoms with Crippen LogP contribution in [-0.4, -0.2) is 28.8 Å². The molecule has 1 saturated carbocycles. The molecular weight excluding hydrogens is 228 g/mol. The fourth-order valence-corrected chi connectivity index (χ4v) is 2.70. The standard InChI is InChI=1S/C13H24N4O/c1-18-13(8-4-2-3-5-9-13)12-15-11(16-17-12)7-6-10-14/h2-10,14H2,1H3,(H,15,16,17). The lowest BCUT2D eigenvalue weighted by molar-refractivity contribution is -0.0349. The second-order valence-electron chi connectivity index (χ2n) is 5.11. The molecule has 0 aliphatic heterocycles. The molecule has 1 aromatic rings. The summed E-state index contributed by atoms with van der Waals surface area (Å²) >= 11 is 0. The minimum atomic E-state index is -0.270. The Balaban J connectivity index is 2.12. The molecule has 0 bridgehead atoms. The molecule has 102 valence electrons. The maximum Gasteiger partial charge on any atom is 0.182 e. The first kappa shape index (κ1) is 13.5. The van der Waals surface area contributed by atoms with Crippen LogP contribution in [-0.2, 0) is 16.8 Å². The Morgan fingerprint density at radius 3 is 2.61 bits per heavy atom. The molecule has 1 aliphatic carbocycles. The van der Waals surface area contributed by atoms with E-state index in [0.717, 1.165) is 37.3 Å². The molecule has 1 aliphatic rings. The molecule has 0 atom stereocenters. The fourth-order valence-electron chi connectivity index (χ4n) is 2.70. The van der Waals surface area contributed by atoms with Crippen molar-refractivity contribution in [1.29, 1.82) is 0 Å². The van der Waals surface area contributed by atoms with Crippen molar-refractivity contribution in [3.05, 3.63) is 11.6 Å². The van der Waals surface area contributed by atoms with Crippen molar-refractivity contribution in [2.24, 2.45) is 5.73 Å². The summed E-state index contributed by atoms with van der Waals surface area (Å²) in [5.74, 6) is 1.76. The predicted molar refractivity (Wildman–Crippen MR) is 70.1 cm³/mol. The van der Waals surface area contributed by atoms with Crippen molar-refractivity contribution in [3.8, 4) is 0 Å². The number of aryl methyl sites for hydroxylation is 1. The van der Waals surface area contributed by atoms with E-state index in [4.69, 9.17) is 10.5 Å². The minimum absolute atomic E-state index is 0.270. The molecule has 0 amide bonds. The summed E-state index contributed by atoms with van der Waals surface area (Å²) in [5, 5.41) is 7.40. The highest BCUT2D eigenvalue weighted by atomic mass is 16.5. The van der Waals surface area contributed by atoms with Crippen LogP contribution in [0.4, 0.5) is 0 Å². The highest BCUT2D eigenvalue weighted by molar-refractivity contribution is 5.04. The Morgan fingerprint density at radius 1 is 1.28 bits per heavy atom. The first-order chi connectivity index (χ1) is 8.80. The van der Waals surface area contributed by atoms with Crippen LogP contribution in [0.1, 0.15) is 56.6 Å². The molecule has 0 unspecified atom stereocenters. The Hall–Kier alpha value is -0.940. The van der Waals surface area contributed by atoms with Crippen molar-refractivity contribution in [3.63, 3.8) is 0 Å². The number of hydrogen-bond acceptors (Lipinski definition) is 4. The van der Waals surface area contributed by atoms with Gasteiger partial charge in [0.1, 0.15) is 11.4 Å². The van der Waals surface area contributed by atoms with Gasteiger partial charge in [-0.3, -0.25) is 5.10 Å². The van der Waals surface area contributed by atoms with Crippen molar-refractivity contribution < 1.29 is 4.74 Å². The lowest BCUT2D eigenvalue weighted by atomic mass is 9.93. The normalized spacial score (nSPS) is 19.7. The van der Waals surface area contributed by atoms with E-state index in [1.165, 1.54) is 25.7 Å². The zero-order valence-electron chi connectivity index (χ0n) is 11.2. The van der Waals surface area contributed by atoms with Crippen LogP contribution >= 0.6 is 0 Å². The van der Waals surface area contributed by atoms with Gasteiger partial charge in [-0.05, 0) is 25.8 Å². The number of nitrogens with two attached hydrogens (primary N) is 1. The molecule has 5 heteroatoms. The van der Waals surface area contributed by atoms with Gasteiger partial charge in [-0.25, -0.2) is 4.98 Å². The molecule has 1 fully saturated rings. The first-order valence-electron chi connectivity index (χ1n) is 6.98. The van der Waals surface area contributed by atoms with E-state index < -0.39 is 0 Å². The van der Waals surface area contributed by atoms with Crippen molar-refractivity contribution in [2.45, 2.75) is 57.0 Å². The number of aromatic nitrogens is 3. The Labute approximate surface area is 109 Å². The van der Waals surface area contributed by atoms with Gasteiger partial charge in [0.2, 0.25) is 0 Å². The number of hydrogen-bond donors (Lipinski definition) is 2. The molecule has 0 radical (unpaired) electrons. The summed E-state index contributed by atoms with van der Waals surface area (Å²) in [6.45, 7) is 0.686. The Kier molecular flexibility index (Phi) is 4.72. The van der Waals surface area contributed by atoms with E-state index in [1.54, 1.807) is 7.11 Å². The van der Waals surface area contributed by atoms with Crippen LogP contribution in [0.25, 0.3) is 0 Å². The van der Waals surface area contributed by atoms with E-state index >= 15 is 0 Å².